The summed E-state index contributed by atoms with van der Waals surface area (Å²) in [6.07, 6.45) is -2.88. The minimum absolute atomic E-state index is 0.0284. The number of hydrogen-bond acceptors (Lipinski definition) is 9. The van der Waals surface area contributed by atoms with Gasteiger partial charge in [-0.1, -0.05) is 23.5 Å². The second-order valence-corrected chi connectivity index (χ2v) is 6.29. The monoisotopic (exact) mass is 414 g/mol. The van der Waals surface area contributed by atoms with Crippen molar-refractivity contribution in [3.8, 4) is 0 Å². The maximum Gasteiger partial charge on any atom is 0.451 e. The summed E-state index contributed by atoms with van der Waals surface area (Å²) in [5.41, 5.74) is 4.74. The first-order valence-corrected chi connectivity index (χ1v) is 8.89. The molecule has 2 rings (SSSR count). The molecule has 0 aliphatic heterocycles. The SMILES string of the molecule is CSc1nc(Cl)nc(NNC(=O)CSc2nnc(C(F)(F)F)n2C)n1. The van der Waals surface area contributed by atoms with Crippen molar-refractivity contribution >= 4 is 47.0 Å². The molecule has 0 unspecified atom stereocenters. The van der Waals surface area contributed by atoms with E-state index in [-0.39, 0.29) is 22.1 Å². The predicted molar refractivity (Wildman–Crippen MR) is 85.1 cm³/mol. The summed E-state index contributed by atoms with van der Waals surface area (Å²) in [7, 11) is 1.16. The van der Waals surface area contributed by atoms with E-state index in [9.17, 15) is 18.0 Å². The highest BCUT2D eigenvalue weighted by Gasteiger charge is 2.37. The van der Waals surface area contributed by atoms with Crippen LogP contribution in [0.4, 0.5) is 19.1 Å². The minimum atomic E-state index is -4.61. The van der Waals surface area contributed by atoms with E-state index in [2.05, 4.69) is 36.0 Å². The van der Waals surface area contributed by atoms with Gasteiger partial charge >= 0.3 is 6.18 Å². The van der Waals surface area contributed by atoms with Crippen LogP contribution in [-0.4, -0.2) is 47.6 Å². The number of rotatable bonds is 6. The third-order valence-electron chi connectivity index (χ3n) is 2.50. The first-order chi connectivity index (χ1) is 11.7. The van der Waals surface area contributed by atoms with E-state index >= 15 is 0 Å². The molecule has 0 spiro atoms. The average Bonchev–Trinajstić information content (AvgIpc) is 2.91. The number of amides is 1. The summed E-state index contributed by atoms with van der Waals surface area (Å²) in [5.74, 6) is -1.85. The van der Waals surface area contributed by atoms with Crippen LogP contribution in [0, 0.1) is 0 Å². The van der Waals surface area contributed by atoms with E-state index in [1.54, 1.807) is 6.26 Å². The molecule has 0 radical (unpaired) electrons. The lowest BCUT2D eigenvalue weighted by molar-refractivity contribution is -0.147. The summed E-state index contributed by atoms with van der Waals surface area (Å²) in [5, 5.41) is 6.73. The molecule has 0 fully saturated rings. The van der Waals surface area contributed by atoms with Crippen molar-refractivity contribution in [2.45, 2.75) is 16.5 Å². The molecule has 2 heterocycles. The molecule has 136 valence electrons. The van der Waals surface area contributed by atoms with Gasteiger partial charge < -0.3 is 4.57 Å². The summed E-state index contributed by atoms with van der Waals surface area (Å²) in [4.78, 5) is 23.3. The molecule has 0 saturated heterocycles. The lowest BCUT2D eigenvalue weighted by atomic mass is 10.6. The normalized spacial score (nSPS) is 11.4. The summed E-state index contributed by atoms with van der Waals surface area (Å²) < 4.78 is 38.6. The molecular formula is C10H10ClF3N8OS2. The zero-order valence-corrected chi connectivity index (χ0v) is 15.0. The van der Waals surface area contributed by atoms with Gasteiger partial charge in [0.25, 0.3) is 0 Å². The topological polar surface area (TPSA) is 111 Å². The molecule has 2 N–H and O–H groups in total. The van der Waals surface area contributed by atoms with Crippen LogP contribution in [0.25, 0.3) is 0 Å². The number of hydrazine groups is 1. The second-order valence-electron chi connectivity index (χ2n) is 4.24. The van der Waals surface area contributed by atoms with Crippen molar-refractivity contribution in [1.29, 1.82) is 0 Å². The largest absolute Gasteiger partial charge is 0.451 e. The van der Waals surface area contributed by atoms with Crippen LogP contribution < -0.4 is 10.9 Å². The van der Waals surface area contributed by atoms with Gasteiger partial charge in [0.05, 0.1) is 5.75 Å². The Kier molecular flexibility index (Phi) is 6.29. The fraction of sp³-hybridized carbons (Fsp3) is 0.400. The molecule has 0 atom stereocenters. The van der Waals surface area contributed by atoms with Crippen LogP contribution in [-0.2, 0) is 18.0 Å². The van der Waals surface area contributed by atoms with Crippen molar-refractivity contribution in [2.24, 2.45) is 7.05 Å². The molecule has 2 aromatic heterocycles. The van der Waals surface area contributed by atoms with Crippen LogP contribution in [0.2, 0.25) is 5.28 Å². The fourth-order valence-corrected chi connectivity index (χ4v) is 2.74. The maximum atomic E-state index is 12.6. The van der Waals surface area contributed by atoms with Crippen molar-refractivity contribution in [3.63, 3.8) is 0 Å². The Hall–Kier alpha value is -1.80. The van der Waals surface area contributed by atoms with Gasteiger partial charge in [0.1, 0.15) is 0 Å². The van der Waals surface area contributed by atoms with Crippen LogP contribution in [0.5, 0.6) is 0 Å². The molecule has 9 nitrogen and oxygen atoms in total. The molecule has 25 heavy (non-hydrogen) atoms. The minimum Gasteiger partial charge on any atom is -0.302 e. The number of halogens is 4. The Labute approximate surface area is 152 Å². The van der Waals surface area contributed by atoms with E-state index in [1.165, 1.54) is 11.8 Å². The average molecular weight is 415 g/mol. The highest BCUT2D eigenvalue weighted by atomic mass is 35.5. The number of carbonyl (C=O) groups is 1. The van der Waals surface area contributed by atoms with Crippen LogP contribution in [0.3, 0.4) is 0 Å². The quantitative estimate of drug-likeness (QED) is 0.538. The van der Waals surface area contributed by atoms with Gasteiger partial charge in [0, 0.05) is 7.05 Å². The molecule has 2 aromatic rings. The number of aromatic nitrogens is 6. The Morgan fingerprint density at radius 3 is 2.60 bits per heavy atom. The zero-order valence-electron chi connectivity index (χ0n) is 12.6. The Bertz CT molecular complexity index is 771. The number of alkyl halides is 3. The van der Waals surface area contributed by atoms with E-state index in [0.717, 1.165) is 23.4 Å². The van der Waals surface area contributed by atoms with Crippen LogP contribution in [0.1, 0.15) is 5.82 Å². The third kappa shape index (κ3) is 5.34. The number of carbonyl (C=O) groups excluding carboxylic acids is 1. The number of anilines is 1. The maximum absolute atomic E-state index is 12.6. The first-order valence-electron chi connectivity index (χ1n) is 6.30. The first kappa shape index (κ1) is 19.5. The van der Waals surface area contributed by atoms with E-state index in [1.807, 2.05) is 0 Å². The third-order valence-corrected chi connectivity index (χ3v) is 4.24. The molecular weight excluding hydrogens is 405 g/mol. The molecule has 0 aliphatic rings. The Morgan fingerprint density at radius 1 is 1.28 bits per heavy atom. The smallest absolute Gasteiger partial charge is 0.302 e. The van der Waals surface area contributed by atoms with Crippen molar-refractivity contribution in [2.75, 3.05) is 17.4 Å². The molecule has 15 heteroatoms. The lowest BCUT2D eigenvalue weighted by Crippen LogP contribution is -2.32. The molecule has 0 bridgehead atoms. The number of nitrogens with one attached hydrogen (secondary N) is 2. The van der Waals surface area contributed by atoms with Crippen LogP contribution in [0.15, 0.2) is 10.3 Å². The van der Waals surface area contributed by atoms with E-state index in [4.69, 9.17) is 11.6 Å². The van der Waals surface area contributed by atoms with Crippen LogP contribution >= 0.6 is 35.1 Å². The van der Waals surface area contributed by atoms with Crippen molar-refractivity contribution in [3.05, 3.63) is 11.1 Å². The number of nitrogens with zero attached hydrogens (tertiary/aromatic N) is 6. The fourth-order valence-electron chi connectivity index (χ4n) is 1.46. The van der Waals surface area contributed by atoms with Gasteiger partial charge in [-0.2, -0.15) is 28.1 Å². The second kappa shape index (κ2) is 8.05. The molecule has 0 aromatic carbocycles. The summed E-state index contributed by atoms with van der Waals surface area (Å²) in [6.45, 7) is 0. The molecule has 0 aliphatic carbocycles. The standard InChI is InChI=1S/C10H10ClF3N8OS2/c1-22-5(10(12,13)14)19-21-9(22)25-3-4(23)18-20-7-15-6(11)16-8(17-7)24-2/h3H2,1-2H3,(H,18,23)(H,15,16,17,20). The lowest BCUT2D eigenvalue weighted by Gasteiger charge is -2.08. The van der Waals surface area contributed by atoms with Gasteiger partial charge in [0.2, 0.25) is 23.0 Å². The molecule has 1 amide bonds. The number of hydrogen-bond donors (Lipinski definition) is 2. The van der Waals surface area contributed by atoms with Gasteiger partial charge in [-0.05, 0) is 17.9 Å². The zero-order chi connectivity index (χ0) is 18.6. The van der Waals surface area contributed by atoms with Gasteiger partial charge in [-0.15, -0.1) is 10.2 Å². The van der Waals surface area contributed by atoms with Crippen molar-refractivity contribution in [1.82, 2.24) is 35.1 Å². The highest BCUT2D eigenvalue weighted by molar-refractivity contribution is 7.99. The summed E-state index contributed by atoms with van der Waals surface area (Å²) in [6, 6.07) is 0. The van der Waals surface area contributed by atoms with Gasteiger partial charge in [-0.3, -0.25) is 15.6 Å². The summed E-state index contributed by atoms with van der Waals surface area (Å²) >= 11 is 7.72. The van der Waals surface area contributed by atoms with Crippen molar-refractivity contribution < 1.29 is 18.0 Å². The van der Waals surface area contributed by atoms with E-state index < -0.39 is 17.9 Å². The highest BCUT2D eigenvalue weighted by Crippen LogP contribution is 2.29. The number of thioether (sulfide) groups is 2. The van der Waals surface area contributed by atoms with Gasteiger partial charge in [0.15, 0.2) is 10.3 Å². The van der Waals surface area contributed by atoms with E-state index in [0.29, 0.717) is 5.16 Å². The Balaban J connectivity index is 1.89. The predicted octanol–water partition coefficient (Wildman–Crippen LogP) is 1.63. The molecule has 0 saturated carbocycles. The van der Waals surface area contributed by atoms with Gasteiger partial charge in [-0.25, -0.2) is 0 Å². The Morgan fingerprint density at radius 2 is 2.00 bits per heavy atom.